The van der Waals surface area contributed by atoms with Gasteiger partial charge in [-0.2, -0.15) is 0 Å². The van der Waals surface area contributed by atoms with Gasteiger partial charge in [0.25, 0.3) is 0 Å². The topological polar surface area (TPSA) is 336 Å². The Labute approximate surface area is 301 Å². The molecule has 0 radical (unpaired) electrons. The van der Waals surface area contributed by atoms with Crippen molar-refractivity contribution in [2.45, 2.75) is 149 Å². The second kappa shape index (κ2) is 18.9. The number of hydrogen-bond donors (Lipinski definition) is 12. The van der Waals surface area contributed by atoms with Crippen molar-refractivity contribution in [3.8, 4) is 0 Å². The van der Waals surface area contributed by atoms with E-state index in [0.29, 0.717) is 6.42 Å². The summed E-state index contributed by atoms with van der Waals surface area (Å²) >= 11 is 0. The molecule has 4 fully saturated rings. The fourth-order valence-electron chi connectivity index (χ4n) is 7.09. The molecule has 1 aromatic carbocycles. The van der Waals surface area contributed by atoms with Gasteiger partial charge in [0, 0.05) is 18.7 Å². The monoisotopic (exact) mass is 747 g/mol. The third-order valence-electron chi connectivity index (χ3n) is 10.3. The third kappa shape index (κ3) is 9.45. The van der Waals surface area contributed by atoms with Crippen LogP contribution in [0, 0.1) is 0 Å². The van der Waals surface area contributed by atoms with Crippen molar-refractivity contribution in [2.75, 3.05) is 19.8 Å². The first-order valence-corrected chi connectivity index (χ1v) is 17.8. The first-order valence-electron chi connectivity index (χ1n) is 17.8. The summed E-state index contributed by atoms with van der Waals surface area (Å²) in [7, 11) is 0. The van der Waals surface area contributed by atoms with Gasteiger partial charge in [-0.3, -0.25) is 0 Å². The van der Waals surface area contributed by atoms with Crippen LogP contribution in [-0.2, 0) is 39.6 Å². The summed E-state index contributed by atoms with van der Waals surface area (Å²) < 4.78 is 42.3. The Bertz CT molecular complexity index is 1210. The van der Waals surface area contributed by atoms with Crippen LogP contribution in [0.4, 0.5) is 0 Å². The van der Waals surface area contributed by atoms with E-state index in [9.17, 15) is 35.7 Å². The standard InChI is InChI=1S/C33H57N5O14/c34-15-11-16(35)26(49-31-19(36)23(43)22(42)17(12-39)47-31)28(21(15)41)51-33-29(46-10-6-2-5-9-14-7-3-1-4-8-14)27(18(13-40)48-33)50-32-20(37)24(44)25(45)30(38)52-32/h1,3-4,7-8,15-33,39-45H,2,5-6,9-13,34-38H2. The highest BCUT2D eigenvalue weighted by Gasteiger charge is 2.55. The summed E-state index contributed by atoms with van der Waals surface area (Å²) in [4.78, 5) is 0. The zero-order valence-electron chi connectivity index (χ0n) is 28.9. The van der Waals surface area contributed by atoms with E-state index in [1.807, 2.05) is 18.2 Å². The Morgan fingerprint density at radius 1 is 0.577 bits per heavy atom. The normalized spacial score (nSPS) is 45.7. The van der Waals surface area contributed by atoms with Crippen LogP contribution in [0.2, 0.25) is 0 Å². The molecule has 5 rings (SSSR count). The minimum Gasteiger partial charge on any atom is -0.394 e. The molecule has 0 spiro atoms. The molecule has 0 bridgehead atoms. The molecule has 3 aliphatic heterocycles. The number of hydrogen-bond acceptors (Lipinski definition) is 19. The Hall–Kier alpha value is -1.54. The van der Waals surface area contributed by atoms with Crippen molar-refractivity contribution in [3.05, 3.63) is 35.9 Å². The molecule has 0 aromatic heterocycles. The van der Waals surface area contributed by atoms with Crippen LogP contribution >= 0.6 is 0 Å². The van der Waals surface area contributed by atoms with E-state index in [-0.39, 0.29) is 13.0 Å². The zero-order chi connectivity index (χ0) is 37.7. The van der Waals surface area contributed by atoms with E-state index in [2.05, 4.69) is 12.1 Å². The number of ether oxygens (including phenoxy) is 7. The Morgan fingerprint density at radius 3 is 1.85 bits per heavy atom. The molecule has 19 atom stereocenters. The van der Waals surface area contributed by atoms with Gasteiger partial charge in [0.1, 0.15) is 67.3 Å². The number of nitrogens with two attached hydrogens (primary N) is 5. The predicted molar refractivity (Wildman–Crippen MR) is 179 cm³/mol. The summed E-state index contributed by atoms with van der Waals surface area (Å²) in [6.45, 7) is -1.02. The van der Waals surface area contributed by atoms with Gasteiger partial charge in [0.05, 0.1) is 31.4 Å². The quantitative estimate of drug-likeness (QED) is 0.0745. The lowest BCUT2D eigenvalue weighted by Gasteiger charge is -2.47. The lowest BCUT2D eigenvalue weighted by molar-refractivity contribution is -0.312. The van der Waals surface area contributed by atoms with Gasteiger partial charge in [-0.25, -0.2) is 0 Å². The maximum Gasteiger partial charge on any atom is 0.187 e. The fourth-order valence-corrected chi connectivity index (χ4v) is 7.09. The summed E-state index contributed by atoms with van der Waals surface area (Å²) in [5.41, 5.74) is 32.1. The number of aliphatic hydroxyl groups excluding tert-OH is 7. The molecular formula is C33H57N5O14. The maximum atomic E-state index is 11.3. The Kier molecular flexibility index (Phi) is 15.1. The van der Waals surface area contributed by atoms with Gasteiger partial charge in [0.15, 0.2) is 18.9 Å². The van der Waals surface area contributed by atoms with E-state index in [4.69, 9.17) is 61.8 Å². The smallest absolute Gasteiger partial charge is 0.187 e. The zero-order valence-corrected chi connectivity index (χ0v) is 28.9. The van der Waals surface area contributed by atoms with Crippen LogP contribution in [-0.4, -0.2) is 172 Å². The highest BCUT2D eigenvalue weighted by atomic mass is 16.8. The number of aryl methyl sites for hydroxylation is 1. The predicted octanol–water partition coefficient (Wildman–Crippen LogP) is -5.47. The maximum absolute atomic E-state index is 11.3. The second-order valence-electron chi connectivity index (χ2n) is 14.0. The summed E-state index contributed by atoms with van der Waals surface area (Å²) in [5, 5.41) is 72.8. The lowest BCUT2D eigenvalue weighted by atomic mass is 9.84. The molecule has 19 heteroatoms. The Balaban J connectivity index is 1.34. The summed E-state index contributed by atoms with van der Waals surface area (Å²) in [6.07, 6.45) is -16.4. The van der Waals surface area contributed by atoms with Crippen LogP contribution in [0.5, 0.6) is 0 Å². The van der Waals surface area contributed by atoms with Crippen molar-refractivity contribution in [2.24, 2.45) is 28.7 Å². The Morgan fingerprint density at radius 2 is 1.17 bits per heavy atom. The molecule has 4 aliphatic rings. The van der Waals surface area contributed by atoms with E-state index in [0.717, 1.165) is 19.3 Å². The highest BCUT2D eigenvalue weighted by molar-refractivity contribution is 5.14. The molecule has 1 aliphatic carbocycles. The van der Waals surface area contributed by atoms with Crippen molar-refractivity contribution in [1.29, 1.82) is 0 Å². The van der Waals surface area contributed by atoms with Crippen LogP contribution in [0.25, 0.3) is 0 Å². The van der Waals surface area contributed by atoms with Gasteiger partial charge in [0.2, 0.25) is 0 Å². The molecule has 1 aromatic rings. The summed E-state index contributed by atoms with van der Waals surface area (Å²) in [6, 6.07) is 5.82. The molecule has 17 N–H and O–H groups in total. The largest absolute Gasteiger partial charge is 0.394 e. The summed E-state index contributed by atoms with van der Waals surface area (Å²) in [5.74, 6) is 0. The van der Waals surface area contributed by atoms with Crippen LogP contribution in [0.15, 0.2) is 30.3 Å². The van der Waals surface area contributed by atoms with Crippen LogP contribution in [0.3, 0.4) is 0 Å². The average Bonchev–Trinajstić information content (AvgIpc) is 3.46. The van der Waals surface area contributed by atoms with Crippen molar-refractivity contribution < 1.29 is 68.9 Å². The molecule has 52 heavy (non-hydrogen) atoms. The SMILES string of the molecule is NC1CC(N)C(OC2OC(CO)C(O)C(O)C2N)C(OC2OC(CO)C(OC3OC(N)C(O)C(O)C3N)C2OCCCCCc2ccccc2)C1O. The van der Waals surface area contributed by atoms with Crippen LogP contribution in [0.1, 0.15) is 31.2 Å². The third-order valence-corrected chi connectivity index (χ3v) is 10.3. The number of unbranched alkanes of at least 4 members (excludes halogenated alkanes) is 2. The lowest BCUT2D eigenvalue weighted by Crippen LogP contribution is -2.68. The minimum atomic E-state index is -1.52. The van der Waals surface area contributed by atoms with Gasteiger partial charge in [-0.05, 0) is 31.2 Å². The van der Waals surface area contributed by atoms with Gasteiger partial charge < -0.3 is 97.6 Å². The number of benzene rings is 1. The minimum absolute atomic E-state index is 0.0903. The van der Waals surface area contributed by atoms with E-state index >= 15 is 0 Å². The van der Waals surface area contributed by atoms with E-state index < -0.39 is 130 Å². The number of aliphatic hydroxyl groups is 7. The molecular weight excluding hydrogens is 690 g/mol. The number of rotatable bonds is 15. The molecule has 0 amide bonds. The van der Waals surface area contributed by atoms with Crippen LogP contribution < -0.4 is 28.7 Å². The average molecular weight is 748 g/mol. The van der Waals surface area contributed by atoms with Crippen molar-refractivity contribution in [3.63, 3.8) is 0 Å². The molecule has 19 nitrogen and oxygen atoms in total. The van der Waals surface area contributed by atoms with Crippen molar-refractivity contribution >= 4 is 0 Å². The molecule has 298 valence electrons. The first kappa shape index (κ1) is 41.6. The molecule has 3 heterocycles. The van der Waals surface area contributed by atoms with Gasteiger partial charge >= 0.3 is 0 Å². The molecule has 19 unspecified atom stereocenters. The first-order chi connectivity index (χ1) is 24.9. The van der Waals surface area contributed by atoms with E-state index in [1.165, 1.54) is 5.56 Å². The van der Waals surface area contributed by atoms with Crippen molar-refractivity contribution in [1.82, 2.24) is 0 Å². The van der Waals surface area contributed by atoms with E-state index in [1.54, 1.807) is 0 Å². The van der Waals surface area contributed by atoms with Gasteiger partial charge in [-0.15, -0.1) is 0 Å². The highest BCUT2D eigenvalue weighted by Crippen LogP contribution is 2.35. The van der Waals surface area contributed by atoms with Gasteiger partial charge in [-0.1, -0.05) is 36.8 Å². The molecule has 3 saturated heterocycles. The second-order valence-corrected chi connectivity index (χ2v) is 14.0. The molecule has 1 saturated carbocycles. The fraction of sp³-hybridized carbons (Fsp3) is 0.818.